The van der Waals surface area contributed by atoms with Crippen molar-refractivity contribution in [1.29, 1.82) is 0 Å². The fraction of sp³-hybridized carbons (Fsp3) is 0.308. The number of unbranched alkanes of at least 4 members (excludes halogenated alkanes) is 1. The molecule has 16 heavy (non-hydrogen) atoms. The molecule has 0 aliphatic carbocycles. The quantitative estimate of drug-likeness (QED) is 0.448. The van der Waals surface area contributed by atoms with Crippen LogP contribution in [0.3, 0.4) is 0 Å². The van der Waals surface area contributed by atoms with E-state index in [9.17, 15) is 4.79 Å². The summed E-state index contributed by atoms with van der Waals surface area (Å²) in [5, 5.41) is 0. The number of carbonyl (C=O) groups is 1. The molecular formula is C13H15BrO2. The van der Waals surface area contributed by atoms with Crippen LogP contribution in [0.5, 0.6) is 5.75 Å². The number of Topliss-reactive ketones (excluding diaryl/α,β-unsaturated/α-hetero) is 1. The standard InChI is InChI=1S/C13H15BrO2/c1-3-4-5-6-12(15)10-7-8-13(16-2)11(14)9-10/h3,7-9H,1,4-6H2,2H3. The van der Waals surface area contributed by atoms with Crippen LogP contribution in [0.25, 0.3) is 0 Å². The van der Waals surface area contributed by atoms with E-state index in [2.05, 4.69) is 22.5 Å². The number of hydrogen-bond donors (Lipinski definition) is 0. The van der Waals surface area contributed by atoms with Gasteiger partial charge in [0.05, 0.1) is 11.6 Å². The number of benzene rings is 1. The van der Waals surface area contributed by atoms with Gasteiger partial charge in [-0.2, -0.15) is 0 Å². The van der Waals surface area contributed by atoms with Crippen LogP contribution in [-0.2, 0) is 0 Å². The predicted octanol–water partition coefficient (Wildman–Crippen LogP) is 4.00. The fourth-order valence-corrected chi connectivity index (χ4v) is 1.93. The smallest absolute Gasteiger partial charge is 0.162 e. The Bertz CT molecular complexity index is 386. The van der Waals surface area contributed by atoms with E-state index in [1.807, 2.05) is 6.08 Å². The zero-order valence-electron chi connectivity index (χ0n) is 9.33. The minimum atomic E-state index is 0.158. The second kappa shape index (κ2) is 6.48. The third-order valence-electron chi connectivity index (χ3n) is 2.29. The van der Waals surface area contributed by atoms with Gasteiger partial charge in [0.25, 0.3) is 0 Å². The number of methoxy groups -OCH3 is 1. The van der Waals surface area contributed by atoms with E-state index < -0.39 is 0 Å². The van der Waals surface area contributed by atoms with E-state index in [0.717, 1.165) is 28.6 Å². The van der Waals surface area contributed by atoms with Crippen molar-refractivity contribution >= 4 is 21.7 Å². The average Bonchev–Trinajstić information content (AvgIpc) is 2.29. The molecule has 86 valence electrons. The molecule has 0 N–H and O–H groups in total. The lowest BCUT2D eigenvalue weighted by molar-refractivity contribution is 0.0980. The third-order valence-corrected chi connectivity index (χ3v) is 2.91. The molecule has 0 aliphatic heterocycles. The maximum absolute atomic E-state index is 11.8. The van der Waals surface area contributed by atoms with Crippen LogP contribution < -0.4 is 4.74 Å². The van der Waals surface area contributed by atoms with Crippen LogP contribution in [0, 0.1) is 0 Å². The van der Waals surface area contributed by atoms with Crippen molar-refractivity contribution < 1.29 is 9.53 Å². The summed E-state index contributed by atoms with van der Waals surface area (Å²) in [7, 11) is 1.60. The number of ether oxygens (including phenoxy) is 1. The Kier molecular flexibility index (Phi) is 5.26. The Balaban J connectivity index is 2.69. The Morgan fingerprint density at radius 2 is 2.31 bits per heavy atom. The molecule has 0 bridgehead atoms. The Labute approximate surface area is 104 Å². The van der Waals surface area contributed by atoms with Gasteiger partial charge in [0.2, 0.25) is 0 Å². The van der Waals surface area contributed by atoms with E-state index >= 15 is 0 Å². The molecule has 0 amide bonds. The molecule has 2 nitrogen and oxygen atoms in total. The highest BCUT2D eigenvalue weighted by Crippen LogP contribution is 2.26. The maximum Gasteiger partial charge on any atom is 0.162 e. The minimum absolute atomic E-state index is 0.158. The SMILES string of the molecule is C=CCCCC(=O)c1ccc(OC)c(Br)c1. The summed E-state index contributed by atoms with van der Waals surface area (Å²) < 4.78 is 5.92. The fourth-order valence-electron chi connectivity index (χ4n) is 1.39. The molecule has 0 saturated heterocycles. The molecule has 0 spiro atoms. The lowest BCUT2D eigenvalue weighted by Gasteiger charge is -2.05. The molecule has 3 heteroatoms. The Morgan fingerprint density at radius 1 is 1.56 bits per heavy atom. The number of halogens is 1. The van der Waals surface area contributed by atoms with Gasteiger partial charge >= 0.3 is 0 Å². The largest absolute Gasteiger partial charge is 0.496 e. The summed E-state index contributed by atoms with van der Waals surface area (Å²) in [4.78, 5) is 11.8. The van der Waals surface area contributed by atoms with Gasteiger partial charge < -0.3 is 4.74 Å². The number of allylic oxidation sites excluding steroid dienone is 1. The summed E-state index contributed by atoms with van der Waals surface area (Å²) in [6.07, 6.45) is 4.12. The van der Waals surface area contributed by atoms with Crippen LogP contribution >= 0.6 is 15.9 Å². The van der Waals surface area contributed by atoms with E-state index in [1.165, 1.54) is 0 Å². The molecule has 1 rings (SSSR count). The van der Waals surface area contributed by atoms with Gasteiger partial charge in [0.15, 0.2) is 5.78 Å². The summed E-state index contributed by atoms with van der Waals surface area (Å²) >= 11 is 3.36. The lowest BCUT2D eigenvalue weighted by Crippen LogP contribution is -1.99. The van der Waals surface area contributed by atoms with Gasteiger partial charge in [0, 0.05) is 12.0 Å². The number of ketones is 1. The summed E-state index contributed by atoms with van der Waals surface area (Å²) in [5.74, 6) is 0.896. The second-order valence-corrected chi connectivity index (χ2v) is 4.31. The average molecular weight is 283 g/mol. The van der Waals surface area contributed by atoms with E-state index in [4.69, 9.17) is 4.74 Å². The molecule has 0 atom stereocenters. The third kappa shape index (κ3) is 3.49. The molecule has 0 aliphatic rings. The summed E-state index contributed by atoms with van der Waals surface area (Å²) in [5.41, 5.74) is 0.719. The normalized spacial score (nSPS) is 9.88. The van der Waals surface area contributed by atoms with Crippen LogP contribution in [0.15, 0.2) is 35.3 Å². The first-order valence-electron chi connectivity index (χ1n) is 5.16. The van der Waals surface area contributed by atoms with Crippen molar-refractivity contribution in [2.45, 2.75) is 19.3 Å². The molecule has 0 aromatic heterocycles. The van der Waals surface area contributed by atoms with Gasteiger partial charge in [-0.1, -0.05) is 6.08 Å². The molecule has 0 fully saturated rings. The highest BCUT2D eigenvalue weighted by atomic mass is 79.9. The molecule has 0 saturated carbocycles. The monoisotopic (exact) mass is 282 g/mol. The van der Waals surface area contributed by atoms with Gasteiger partial charge in [-0.3, -0.25) is 4.79 Å². The molecule has 0 radical (unpaired) electrons. The van der Waals surface area contributed by atoms with Crippen LogP contribution in [0.2, 0.25) is 0 Å². The van der Waals surface area contributed by atoms with Gasteiger partial charge in [-0.15, -0.1) is 6.58 Å². The van der Waals surface area contributed by atoms with Crippen LogP contribution in [0.1, 0.15) is 29.6 Å². The highest BCUT2D eigenvalue weighted by molar-refractivity contribution is 9.10. The minimum Gasteiger partial charge on any atom is -0.496 e. The van der Waals surface area contributed by atoms with Crippen molar-refractivity contribution in [3.63, 3.8) is 0 Å². The summed E-state index contributed by atoms with van der Waals surface area (Å²) in [6, 6.07) is 5.39. The first kappa shape index (κ1) is 13.0. The van der Waals surface area contributed by atoms with Gasteiger partial charge in [-0.05, 0) is 47.0 Å². The van der Waals surface area contributed by atoms with E-state index in [-0.39, 0.29) is 5.78 Å². The first-order chi connectivity index (χ1) is 7.69. The maximum atomic E-state index is 11.8. The molecule has 1 aromatic carbocycles. The molecule has 1 aromatic rings. The zero-order chi connectivity index (χ0) is 12.0. The van der Waals surface area contributed by atoms with Crippen molar-refractivity contribution in [2.75, 3.05) is 7.11 Å². The van der Waals surface area contributed by atoms with Crippen molar-refractivity contribution in [1.82, 2.24) is 0 Å². The molecule has 0 unspecified atom stereocenters. The Morgan fingerprint density at radius 3 is 2.88 bits per heavy atom. The predicted molar refractivity (Wildman–Crippen MR) is 69.1 cm³/mol. The molecular weight excluding hydrogens is 268 g/mol. The molecule has 0 heterocycles. The highest BCUT2D eigenvalue weighted by Gasteiger charge is 2.08. The van der Waals surface area contributed by atoms with Gasteiger partial charge in [0.1, 0.15) is 5.75 Å². The van der Waals surface area contributed by atoms with Crippen molar-refractivity contribution in [2.24, 2.45) is 0 Å². The van der Waals surface area contributed by atoms with Crippen LogP contribution in [0.4, 0.5) is 0 Å². The summed E-state index contributed by atoms with van der Waals surface area (Å²) in [6.45, 7) is 3.63. The topological polar surface area (TPSA) is 26.3 Å². The number of carbonyl (C=O) groups excluding carboxylic acids is 1. The number of rotatable bonds is 6. The number of hydrogen-bond acceptors (Lipinski definition) is 2. The van der Waals surface area contributed by atoms with E-state index in [1.54, 1.807) is 25.3 Å². The second-order valence-electron chi connectivity index (χ2n) is 3.45. The zero-order valence-corrected chi connectivity index (χ0v) is 10.9. The lowest BCUT2D eigenvalue weighted by atomic mass is 10.1. The Hall–Kier alpha value is -1.09. The van der Waals surface area contributed by atoms with Crippen molar-refractivity contribution in [3.8, 4) is 5.75 Å². The van der Waals surface area contributed by atoms with Gasteiger partial charge in [-0.25, -0.2) is 0 Å². The van der Waals surface area contributed by atoms with Crippen LogP contribution in [-0.4, -0.2) is 12.9 Å². The van der Waals surface area contributed by atoms with Crippen molar-refractivity contribution in [3.05, 3.63) is 40.9 Å². The van der Waals surface area contributed by atoms with E-state index in [0.29, 0.717) is 6.42 Å². The first-order valence-corrected chi connectivity index (χ1v) is 5.96.